The SMILES string of the molecule is CC(C)OCCCOCCCCCCCCCCCCCCCS(F)(F)(F)(F)F. The molecule has 0 rings (SSSR count). The van der Waals surface area contributed by atoms with Crippen molar-refractivity contribution in [2.24, 2.45) is 0 Å². The lowest BCUT2D eigenvalue weighted by molar-refractivity contribution is 0.0507. The van der Waals surface area contributed by atoms with Gasteiger partial charge in [0.25, 0.3) is 10.2 Å². The van der Waals surface area contributed by atoms with Crippen LogP contribution in [0.15, 0.2) is 0 Å². The average molecular weight is 455 g/mol. The molecule has 0 aromatic heterocycles. The Balaban J connectivity index is 3.16. The second-order valence-corrected chi connectivity index (χ2v) is 11.0. The molecule has 180 valence electrons. The van der Waals surface area contributed by atoms with E-state index in [0.29, 0.717) is 6.42 Å². The highest BCUT2D eigenvalue weighted by Crippen LogP contribution is 2.97. The van der Waals surface area contributed by atoms with E-state index in [0.717, 1.165) is 58.3 Å². The lowest BCUT2D eigenvalue weighted by Gasteiger charge is -2.40. The molecule has 0 fully saturated rings. The van der Waals surface area contributed by atoms with E-state index in [4.69, 9.17) is 9.47 Å². The molecule has 0 aliphatic rings. The molecule has 0 saturated heterocycles. The largest absolute Gasteiger partial charge is 0.381 e. The number of unbranched alkanes of at least 4 members (excludes halogenated alkanes) is 12. The van der Waals surface area contributed by atoms with Gasteiger partial charge in [-0.3, -0.25) is 0 Å². The van der Waals surface area contributed by atoms with Crippen LogP contribution in [0.25, 0.3) is 0 Å². The fourth-order valence-corrected chi connectivity index (χ4v) is 3.86. The maximum absolute atomic E-state index is 12.1. The molecule has 0 heterocycles. The summed E-state index contributed by atoms with van der Waals surface area (Å²) < 4.78 is 71.8. The monoisotopic (exact) mass is 454 g/mol. The van der Waals surface area contributed by atoms with Crippen LogP contribution in [0.1, 0.15) is 104 Å². The lowest BCUT2D eigenvalue weighted by Crippen LogP contribution is -2.10. The van der Waals surface area contributed by atoms with Crippen molar-refractivity contribution in [1.82, 2.24) is 0 Å². The summed E-state index contributed by atoms with van der Waals surface area (Å²) in [4.78, 5) is 0. The molecule has 0 saturated carbocycles. The van der Waals surface area contributed by atoms with Crippen LogP contribution >= 0.6 is 10.2 Å². The number of hydrogen-bond acceptors (Lipinski definition) is 2. The normalized spacial score (nSPS) is 14.9. The molecular weight excluding hydrogens is 411 g/mol. The first-order chi connectivity index (χ1) is 13.4. The molecule has 0 N–H and O–H groups in total. The third-order valence-electron chi connectivity index (χ3n) is 4.70. The summed E-state index contributed by atoms with van der Waals surface area (Å²) in [5.74, 6) is -1.90. The standard InChI is InChI=1S/C21H43F5O2S/c1-21(2)28-19-16-18-27-17-14-12-10-8-6-4-3-5-7-9-11-13-15-20-29(22,23,24,25)26/h21H,3-20H2,1-2H3. The van der Waals surface area contributed by atoms with E-state index in [1.54, 1.807) is 0 Å². The van der Waals surface area contributed by atoms with Crippen LogP contribution < -0.4 is 0 Å². The highest BCUT2D eigenvalue weighted by atomic mass is 32.5. The Kier molecular flexibility index (Phi) is 14.0. The van der Waals surface area contributed by atoms with Crippen LogP contribution in [-0.4, -0.2) is 31.7 Å². The molecule has 0 aliphatic heterocycles. The number of halogens is 5. The molecule has 0 spiro atoms. The quantitative estimate of drug-likeness (QED) is 0.127. The van der Waals surface area contributed by atoms with Gasteiger partial charge >= 0.3 is 0 Å². The predicted molar refractivity (Wildman–Crippen MR) is 115 cm³/mol. The van der Waals surface area contributed by atoms with Crippen molar-refractivity contribution < 1.29 is 28.9 Å². The summed E-state index contributed by atoms with van der Waals surface area (Å²) in [6.07, 6.45) is 12.8. The molecule has 8 heteroatoms. The first-order valence-electron chi connectivity index (χ1n) is 11.3. The first kappa shape index (κ1) is 28.9. The highest BCUT2D eigenvalue weighted by Gasteiger charge is 2.62. The molecule has 0 bridgehead atoms. The van der Waals surface area contributed by atoms with Gasteiger partial charge in [-0.05, 0) is 33.1 Å². The Morgan fingerprint density at radius 3 is 1.31 bits per heavy atom. The number of ether oxygens (including phenoxy) is 2. The third kappa shape index (κ3) is 27.9. The predicted octanol–water partition coefficient (Wildman–Crippen LogP) is 9.19. The Labute approximate surface area is 175 Å². The van der Waals surface area contributed by atoms with Gasteiger partial charge in [0, 0.05) is 19.8 Å². The van der Waals surface area contributed by atoms with Gasteiger partial charge in [-0.15, -0.1) is 0 Å². The minimum Gasteiger partial charge on any atom is -0.381 e. The second-order valence-electron chi connectivity index (χ2n) is 8.31. The molecule has 2 nitrogen and oxygen atoms in total. The van der Waals surface area contributed by atoms with Gasteiger partial charge < -0.3 is 9.47 Å². The summed E-state index contributed by atoms with van der Waals surface area (Å²) in [7, 11) is -9.18. The topological polar surface area (TPSA) is 18.5 Å². The minimum atomic E-state index is -9.18. The van der Waals surface area contributed by atoms with Gasteiger partial charge in [0.15, 0.2) is 0 Å². The summed E-state index contributed by atoms with van der Waals surface area (Å²) in [5.41, 5.74) is 0. The highest BCUT2D eigenvalue weighted by molar-refractivity contribution is 8.45. The van der Waals surface area contributed by atoms with Crippen molar-refractivity contribution in [3.63, 3.8) is 0 Å². The van der Waals surface area contributed by atoms with Crippen molar-refractivity contribution in [3.8, 4) is 0 Å². The van der Waals surface area contributed by atoms with Crippen LogP contribution in [0.4, 0.5) is 19.4 Å². The van der Waals surface area contributed by atoms with E-state index in [9.17, 15) is 19.4 Å². The van der Waals surface area contributed by atoms with Crippen molar-refractivity contribution in [2.75, 3.05) is 25.6 Å². The van der Waals surface area contributed by atoms with Crippen LogP contribution in [0, 0.1) is 0 Å². The molecule has 0 unspecified atom stereocenters. The van der Waals surface area contributed by atoms with Gasteiger partial charge in [0.2, 0.25) is 0 Å². The van der Waals surface area contributed by atoms with Crippen LogP contribution in [0.5, 0.6) is 0 Å². The van der Waals surface area contributed by atoms with Gasteiger partial charge in [-0.1, -0.05) is 90.1 Å². The number of rotatable bonds is 21. The summed E-state index contributed by atoms with van der Waals surface area (Å²) in [6, 6.07) is 0. The van der Waals surface area contributed by atoms with Crippen molar-refractivity contribution >= 4 is 10.2 Å². The molecule has 0 radical (unpaired) electrons. The summed E-state index contributed by atoms with van der Waals surface area (Å²) in [5, 5.41) is 0. The maximum atomic E-state index is 12.1. The lowest BCUT2D eigenvalue weighted by atomic mass is 10.0. The molecule has 29 heavy (non-hydrogen) atoms. The zero-order valence-corrected chi connectivity index (χ0v) is 19.2. The summed E-state index contributed by atoms with van der Waals surface area (Å²) >= 11 is 0. The Bertz CT molecular complexity index is 387. The van der Waals surface area contributed by atoms with Crippen molar-refractivity contribution in [3.05, 3.63) is 0 Å². The molecule has 0 aromatic carbocycles. The maximum Gasteiger partial charge on any atom is 0.285 e. The Hall–Kier alpha value is -0.0800. The van der Waals surface area contributed by atoms with Gasteiger partial charge in [0.05, 0.1) is 11.9 Å². The Morgan fingerprint density at radius 2 is 0.897 bits per heavy atom. The smallest absolute Gasteiger partial charge is 0.285 e. The molecule has 0 aromatic rings. The van der Waals surface area contributed by atoms with E-state index >= 15 is 0 Å². The van der Waals surface area contributed by atoms with Crippen LogP contribution in [-0.2, 0) is 9.47 Å². The van der Waals surface area contributed by atoms with E-state index in [2.05, 4.69) is 0 Å². The molecule has 0 atom stereocenters. The first-order valence-corrected chi connectivity index (χ1v) is 13.4. The second kappa shape index (κ2) is 14.1. The zero-order valence-electron chi connectivity index (χ0n) is 18.4. The van der Waals surface area contributed by atoms with E-state index in [-0.39, 0.29) is 12.5 Å². The van der Waals surface area contributed by atoms with E-state index < -0.39 is 22.4 Å². The van der Waals surface area contributed by atoms with Gasteiger partial charge in [0.1, 0.15) is 0 Å². The van der Waals surface area contributed by atoms with Crippen LogP contribution in [0.3, 0.4) is 0 Å². The van der Waals surface area contributed by atoms with Gasteiger partial charge in [-0.2, -0.15) is 0 Å². The average Bonchev–Trinajstić information content (AvgIpc) is 2.57. The third-order valence-corrected chi connectivity index (χ3v) is 5.76. The van der Waals surface area contributed by atoms with E-state index in [1.165, 1.54) is 32.1 Å². The van der Waals surface area contributed by atoms with Crippen LogP contribution in [0.2, 0.25) is 0 Å². The number of hydrogen-bond donors (Lipinski definition) is 0. The molecule has 0 aliphatic carbocycles. The zero-order chi connectivity index (χ0) is 22.1. The fraction of sp³-hybridized carbons (Fsp3) is 1.00. The Morgan fingerprint density at radius 1 is 0.517 bits per heavy atom. The van der Waals surface area contributed by atoms with Crippen molar-refractivity contribution in [1.29, 1.82) is 0 Å². The summed E-state index contributed by atoms with van der Waals surface area (Å²) in [6.45, 7) is 6.41. The minimum absolute atomic E-state index is 0.237. The molecule has 0 amide bonds. The fourth-order valence-electron chi connectivity index (χ4n) is 3.11. The van der Waals surface area contributed by atoms with E-state index in [1.807, 2.05) is 13.8 Å². The van der Waals surface area contributed by atoms with Crippen molar-refractivity contribution in [2.45, 2.75) is 110 Å². The van der Waals surface area contributed by atoms with Gasteiger partial charge in [-0.25, -0.2) is 0 Å². The molecular formula is C21H43F5O2S.